The van der Waals surface area contributed by atoms with Crippen molar-refractivity contribution in [1.29, 1.82) is 0 Å². The number of nitrogens with zero attached hydrogens (tertiary/aromatic N) is 3. The van der Waals surface area contributed by atoms with Crippen molar-refractivity contribution in [2.45, 2.75) is 45.6 Å². The lowest BCUT2D eigenvalue weighted by molar-refractivity contribution is -0.118. The van der Waals surface area contributed by atoms with E-state index in [-0.39, 0.29) is 41.6 Å². The number of nitrogens with one attached hydrogen (secondary N) is 2. The van der Waals surface area contributed by atoms with E-state index in [4.69, 9.17) is 4.74 Å². The summed E-state index contributed by atoms with van der Waals surface area (Å²) in [5.41, 5.74) is -0.250. The van der Waals surface area contributed by atoms with Crippen LogP contribution >= 0.6 is 0 Å². The molecular formula is C16H23N5O5. The number of hydrogen-bond donors (Lipinski definition) is 4. The zero-order valence-electron chi connectivity index (χ0n) is 14.8. The predicted molar refractivity (Wildman–Crippen MR) is 92.4 cm³/mol. The van der Waals surface area contributed by atoms with Gasteiger partial charge in [-0.05, 0) is 6.42 Å². The molecule has 1 aliphatic heterocycles. The monoisotopic (exact) mass is 365 g/mol. The molecule has 0 radical (unpaired) electrons. The van der Waals surface area contributed by atoms with Crippen molar-refractivity contribution >= 4 is 23.0 Å². The maximum atomic E-state index is 12.2. The molecule has 2 aromatic heterocycles. The number of amides is 1. The van der Waals surface area contributed by atoms with Crippen molar-refractivity contribution < 1.29 is 19.7 Å². The Morgan fingerprint density at radius 3 is 2.81 bits per heavy atom. The van der Waals surface area contributed by atoms with Gasteiger partial charge in [-0.15, -0.1) is 0 Å². The van der Waals surface area contributed by atoms with Gasteiger partial charge in [-0.2, -0.15) is 4.98 Å². The second-order valence-electron chi connectivity index (χ2n) is 6.69. The van der Waals surface area contributed by atoms with Crippen molar-refractivity contribution in [2.75, 3.05) is 11.9 Å². The molecule has 3 heterocycles. The van der Waals surface area contributed by atoms with Gasteiger partial charge in [0, 0.05) is 11.8 Å². The molecule has 1 aliphatic rings. The summed E-state index contributed by atoms with van der Waals surface area (Å²) in [7, 11) is 0. The molecule has 0 spiro atoms. The van der Waals surface area contributed by atoms with Gasteiger partial charge in [0.05, 0.1) is 19.0 Å². The first kappa shape index (κ1) is 18.5. The number of aromatic amines is 1. The number of carbonyl (C=O) groups excluding carboxylic acids is 1. The van der Waals surface area contributed by atoms with Gasteiger partial charge in [-0.3, -0.25) is 24.5 Å². The highest BCUT2D eigenvalue weighted by atomic mass is 16.5. The fourth-order valence-corrected chi connectivity index (χ4v) is 3.08. The summed E-state index contributed by atoms with van der Waals surface area (Å²) in [4.78, 5) is 34.9. The Kier molecular flexibility index (Phi) is 5.08. The molecular weight excluding hydrogens is 342 g/mol. The number of ether oxygens (including phenoxy) is 1. The highest BCUT2D eigenvalue weighted by molar-refractivity contribution is 5.91. The highest BCUT2D eigenvalue weighted by Gasteiger charge is 2.43. The minimum atomic E-state index is -0.975. The maximum Gasteiger partial charge on any atom is 0.280 e. The van der Waals surface area contributed by atoms with E-state index in [0.717, 1.165) is 0 Å². The minimum Gasteiger partial charge on any atom is -0.396 e. The smallest absolute Gasteiger partial charge is 0.280 e. The van der Waals surface area contributed by atoms with Gasteiger partial charge in [0.25, 0.3) is 5.56 Å². The molecule has 0 bridgehead atoms. The van der Waals surface area contributed by atoms with Gasteiger partial charge >= 0.3 is 0 Å². The van der Waals surface area contributed by atoms with Crippen LogP contribution in [0.5, 0.6) is 0 Å². The molecule has 1 fully saturated rings. The third kappa shape index (κ3) is 3.11. The van der Waals surface area contributed by atoms with E-state index in [1.807, 2.05) is 6.92 Å². The van der Waals surface area contributed by atoms with Crippen LogP contribution in [0.1, 0.15) is 33.4 Å². The molecule has 0 saturated carbocycles. The normalized spacial score (nSPS) is 25.9. The number of anilines is 1. The van der Waals surface area contributed by atoms with Gasteiger partial charge in [-0.25, -0.2) is 4.98 Å². The standard InChI is InChI=1S/C16H23N5O5/c1-4-9-8(5-22)11(23)15(26-9)21-6-17-10-12(21)18-16(20-14(10)25)19-13(24)7(2)3/h6-9,11,15,22-23H,4-5H2,1-3H3,(H2,18,19,20,24,25)/t8-,9?,11-,15?/m0/s1. The number of aliphatic hydroxyl groups is 2. The fraction of sp³-hybridized carbons (Fsp3) is 0.625. The Morgan fingerprint density at radius 2 is 2.23 bits per heavy atom. The zero-order valence-corrected chi connectivity index (χ0v) is 14.8. The van der Waals surface area contributed by atoms with Gasteiger partial charge in [-0.1, -0.05) is 20.8 Å². The summed E-state index contributed by atoms with van der Waals surface area (Å²) in [6.45, 7) is 5.13. The summed E-state index contributed by atoms with van der Waals surface area (Å²) in [5, 5.41) is 22.6. The lowest BCUT2D eigenvalue weighted by Crippen LogP contribution is -2.29. The number of aliphatic hydroxyl groups excluding tert-OH is 2. The fourth-order valence-electron chi connectivity index (χ4n) is 3.08. The number of carbonyl (C=O) groups is 1. The first-order valence-corrected chi connectivity index (χ1v) is 8.59. The van der Waals surface area contributed by atoms with E-state index in [9.17, 15) is 19.8 Å². The minimum absolute atomic E-state index is 0.00110. The molecule has 26 heavy (non-hydrogen) atoms. The van der Waals surface area contributed by atoms with Crippen LogP contribution in [0.15, 0.2) is 11.1 Å². The third-order valence-electron chi connectivity index (χ3n) is 4.61. The number of H-pyrrole nitrogens is 1. The molecule has 4 atom stereocenters. The quantitative estimate of drug-likeness (QED) is 0.584. The van der Waals surface area contributed by atoms with Crippen LogP contribution in [0.2, 0.25) is 0 Å². The Hall–Kier alpha value is -2.30. The Bertz CT molecular complexity index is 860. The first-order valence-electron chi connectivity index (χ1n) is 8.59. The van der Waals surface area contributed by atoms with Crippen molar-refractivity contribution in [3.8, 4) is 0 Å². The van der Waals surface area contributed by atoms with Crippen LogP contribution in [0.3, 0.4) is 0 Å². The van der Waals surface area contributed by atoms with Crippen molar-refractivity contribution in [3.63, 3.8) is 0 Å². The molecule has 3 rings (SSSR count). The zero-order chi connectivity index (χ0) is 19.0. The van der Waals surface area contributed by atoms with Crippen LogP contribution in [0.25, 0.3) is 11.2 Å². The number of imidazole rings is 1. The molecule has 142 valence electrons. The average Bonchev–Trinajstić information content (AvgIpc) is 3.15. The lowest BCUT2D eigenvalue weighted by atomic mass is 9.97. The molecule has 4 N–H and O–H groups in total. The van der Waals surface area contributed by atoms with Gasteiger partial charge < -0.3 is 14.9 Å². The molecule has 10 heteroatoms. The average molecular weight is 365 g/mol. The summed E-state index contributed by atoms with van der Waals surface area (Å²) in [6, 6.07) is 0. The topological polar surface area (TPSA) is 142 Å². The largest absolute Gasteiger partial charge is 0.396 e. The molecule has 2 unspecified atom stereocenters. The summed E-state index contributed by atoms with van der Waals surface area (Å²) >= 11 is 0. The number of hydrogen-bond acceptors (Lipinski definition) is 7. The second kappa shape index (κ2) is 7.14. The Labute approximate surface area is 149 Å². The van der Waals surface area contributed by atoms with Crippen LogP contribution in [0, 0.1) is 11.8 Å². The van der Waals surface area contributed by atoms with E-state index in [1.54, 1.807) is 13.8 Å². The van der Waals surface area contributed by atoms with Crippen LogP contribution in [-0.2, 0) is 9.53 Å². The Morgan fingerprint density at radius 1 is 1.50 bits per heavy atom. The second-order valence-corrected chi connectivity index (χ2v) is 6.69. The molecule has 10 nitrogen and oxygen atoms in total. The van der Waals surface area contributed by atoms with Crippen molar-refractivity contribution in [2.24, 2.45) is 11.8 Å². The van der Waals surface area contributed by atoms with Gasteiger partial charge in [0.1, 0.15) is 6.10 Å². The number of fused-ring (bicyclic) bond motifs is 1. The van der Waals surface area contributed by atoms with Crippen molar-refractivity contribution in [1.82, 2.24) is 19.5 Å². The van der Waals surface area contributed by atoms with Gasteiger partial charge in [0.2, 0.25) is 11.9 Å². The van der Waals surface area contributed by atoms with E-state index < -0.39 is 23.8 Å². The maximum absolute atomic E-state index is 12.2. The molecule has 2 aromatic rings. The molecule has 1 amide bonds. The van der Waals surface area contributed by atoms with Crippen LogP contribution in [0.4, 0.5) is 5.95 Å². The van der Waals surface area contributed by atoms with E-state index >= 15 is 0 Å². The van der Waals surface area contributed by atoms with E-state index in [0.29, 0.717) is 6.42 Å². The van der Waals surface area contributed by atoms with E-state index in [2.05, 4.69) is 20.3 Å². The first-order chi connectivity index (χ1) is 12.4. The SMILES string of the molecule is CCC1OC(n2cnc3c(=O)[nH]c(NC(=O)C(C)C)nc32)[C@@H](O)[C@H]1CO. The highest BCUT2D eigenvalue weighted by Crippen LogP contribution is 2.36. The summed E-state index contributed by atoms with van der Waals surface area (Å²) in [5.74, 6) is -1.01. The van der Waals surface area contributed by atoms with Crippen LogP contribution in [-0.4, -0.2) is 54.5 Å². The third-order valence-corrected chi connectivity index (χ3v) is 4.61. The van der Waals surface area contributed by atoms with Crippen molar-refractivity contribution in [3.05, 3.63) is 16.7 Å². The summed E-state index contributed by atoms with van der Waals surface area (Å²) < 4.78 is 7.31. The van der Waals surface area contributed by atoms with Crippen LogP contribution < -0.4 is 10.9 Å². The molecule has 0 aliphatic carbocycles. The predicted octanol–water partition coefficient (Wildman–Crippen LogP) is -0.00910. The Balaban J connectivity index is 2.01. The van der Waals surface area contributed by atoms with E-state index in [1.165, 1.54) is 10.9 Å². The number of rotatable bonds is 5. The number of aromatic nitrogens is 4. The summed E-state index contributed by atoms with van der Waals surface area (Å²) in [6.07, 6.45) is -0.141. The molecule has 0 aromatic carbocycles. The molecule has 1 saturated heterocycles. The lowest BCUT2D eigenvalue weighted by Gasteiger charge is -2.17. The van der Waals surface area contributed by atoms with Gasteiger partial charge in [0.15, 0.2) is 17.4 Å².